The number of hydrogen-bond donors (Lipinski definition) is 1. The molecule has 0 unspecified atom stereocenters. The first-order valence-electron chi connectivity index (χ1n) is 11.2. The summed E-state index contributed by atoms with van der Waals surface area (Å²) < 4.78 is 1.65. The Kier molecular flexibility index (Phi) is 7.39. The van der Waals surface area contributed by atoms with Crippen LogP contribution in [-0.2, 0) is 5.75 Å². The number of benzene rings is 3. The number of thioether (sulfide) groups is 1. The molecule has 1 N–H and O–H groups in total. The molecule has 0 radical (unpaired) electrons. The van der Waals surface area contributed by atoms with Gasteiger partial charge in [-0.2, -0.15) is 0 Å². The molecule has 4 rings (SSSR count). The number of halogens is 1. The fourth-order valence-corrected chi connectivity index (χ4v) is 5.11. The molecule has 34 heavy (non-hydrogen) atoms. The third kappa shape index (κ3) is 5.18. The van der Waals surface area contributed by atoms with E-state index < -0.39 is 0 Å². The molecule has 4 aromatic rings. The van der Waals surface area contributed by atoms with Crippen LogP contribution in [-0.4, -0.2) is 22.0 Å². The number of aromatic nitrogens is 2. The van der Waals surface area contributed by atoms with E-state index in [0.717, 1.165) is 28.8 Å². The van der Waals surface area contributed by atoms with Crippen molar-refractivity contribution in [1.82, 2.24) is 14.9 Å². The van der Waals surface area contributed by atoms with Gasteiger partial charge in [-0.05, 0) is 73.4 Å². The summed E-state index contributed by atoms with van der Waals surface area (Å²) in [5.74, 6) is 0.383. The molecule has 0 fully saturated rings. The minimum atomic E-state index is -0.172. The highest BCUT2D eigenvalue weighted by Gasteiger charge is 2.16. The Morgan fingerprint density at radius 2 is 1.79 bits per heavy atom. The maximum absolute atomic E-state index is 13.7. The number of fused-ring (bicyclic) bond motifs is 1. The minimum absolute atomic E-state index is 0.169. The van der Waals surface area contributed by atoms with Crippen LogP contribution >= 0.6 is 23.4 Å². The standard InChI is InChI=1S/C27H26ClN3O2S/c1-4-11-29-25(32)19-9-10-22-24(15-19)30-27(34-16-20-7-5-6-8-23(20)28)31(26(22)33)21-13-17(2)12-18(3)14-21/h5-10,12-15H,4,11,16H2,1-3H3,(H,29,32). The fraction of sp³-hybridized carbons (Fsp3) is 0.222. The molecule has 0 atom stereocenters. The van der Waals surface area contributed by atoms with Gasteiger partial charge >= 0.3 is 0 Å². The molecule has 0 aliphatic rings. The number of nitrogens with one attached hydrogen (secondary N) is 1. The Bertz CT molecular complexity index is 1410. The molecule has 0 saturated heterocycles. The van der Waals surface area contributed by atoms with E-state index in [1.165, 1.54) is 11.8 Å². The second kappa shape index (κ2) is 10.5. The lowest BCUT2D eigenvalue weighted by Crippen LogP contribution is -2.25. The first kappa shape index (κ1) is 24.0. The van der Waals surface area contributed by atoms with Crippen LogP contribution in [0.3, 0.4) is 0 Å². The number of rotatable bonds is 7. The summed E-state index contributed by atoms with van der Waals surface area (Å²) in [5.41, 5.74) is 4.66. The van der Waals surface area contributed by atoms with Crippen molar-refractivity contribution in [3.05, 3.63) is 98.3 Å². The summed E-state index contributed by atoms with van der Waals surface area (Å²) in [4.78, 5) is 31.0. The van der Waals surface area contributed by atoms with E-state index in [-0.39, 0.29) is 11.5 Å². The summed E-state index contributed by atoms with van der Waals surface area (Å²) in [6, 6.07) is 18.7. The number of carbonyl (C=O) groups is 1. The van der Waals surface area contributed by atoms with Gasteiger partial charge in [0.05, 0.1) is 16.6 Å². The monoisotopic (exact) mass is 491 g/mol. The number of carbonyl (C=O) groups excluding carboxylic acids is 1. The molecule has 0 saturated carbocycles. The summed E-state index contributed by atoms with van der Waals surface area (Å²) in [6.07, 6.45) is 0.848. The van der Waals surface area contributed by atoms with Gasteiger partial charge in [0.2, 0.25) is 0 Å². The lowest BCUT2D eigenvalue weighted by atomic mass is 10.1. The average molecular weight is 492 g/mol. The summed E-state index contributed by atoms with van der Waals surface area (Å²) >= 11 is 7.81. The third-order valence-corrected chi connectivity index (χ3v) is 6.77. The lowest BCUT2D eigenvalue weighted by molar-refractivity contribution is 0.0954. The zero-order valence-electron chi connectivity index (χ0n) is 19.4. The molecule has 5 nitrogen and oxygen atoms in total. The Labute approximate surface area is 208 Å². The van der Waals surface area contributed by atoms with E-state index in [1.54, 1.807) is 22.8 Å². The Balaban J connectivity index is 1.86. The largest absolute Gasteiger partial charge is 0.352 e. The van der Waals surface area contributed by atoms with Crippen molar-refractivity contribution in [2.75, 3.05) is 6.54 Å². The van der Waals surface area contributed by atoms with Gasteiger partial charge in [-0.15, -0.1) is 0 Å². The molecule has 3 aromatic carbocycles. The maximum atomic E-state index is 13.7. The van der Waals surface area contributed by atoms with Crippen molar-refractivity contribution in [2.24, 2.45) is 0 Å². The molecule has 0 spiro atoms. The molecule has 1 aromatic heterocycles. The van der Waals surface area contributed by atoms with E-state index in [9.17, 15) is 9.59 Å². The van der Waals surface area contributed by atoms with E-state index in [1.807, 2.05) is 57.2 Å². The van der Waals surface area contributed by atoms with Crippen molar-refractivity contribution < 1.29 is 4.79 Å². The smallest absolute Gasteiger partial charge is 0.266 e. The normalized spacial score (nSPS) is 11.1. The van der Waals surface area contributed by atoms with Gasteiger partial charge in [-0.25, -0.2) is 4.98 Å². The molecule has 1 heterocycles. The first-order valence-corrected chi connectivity index (χ1v) is 12.5. The van der Waals surface area contributed by atoms with E-state index in [2.05, 4.69) is 11.4 Å². The zero-order chi connectivity index (χ0) is 24.2. The van der Waals surface area contributed by atoms with Crippen molar-refractivity contribution in [3.63, 3.8) is 0 Å². The Morgan fingerprint density at radius 1 is 1.06 bits per heavy atom. The van der Waals surface area contributed by atoms with Gasteiger partial charge in [0.1, 0.15) is 0 Å². The summed E-state index contributed by atoms with van der Waals surface area (Å²) in [6.45, 7) is 6.61. The molecule has 1 amide bonds. The lowest BCUT2D eigenvalue weighted by Gasteiger charge is -2.15. The van der Waals surface area contributed by atoms with Crippen molar-refractivity contribution in [1.29, 1.82) is 0 Å². The zero-order valence-corrected chi connectivity index (χ0v) is 21.0. The maximum Gasteiger partial charge on any atom is 0.266 e. The van der Waals surface area contributed by atoms with Crippen LogP contribution in [0.2, 0.25) is 5.02 Å². The van der Waals surface area contributed by atoms with Gasteiger partial charge < -0.3 is 5.32 Å². The summed E-state index contributed by atoms with van der Waals surface area (Å²) in [5, 5.41) is 4.56. The molecule has 0 aliphatic heterocycles. The third-order valence-electron chi connectivity index (χ3n) is 5.42. The van der Waals surface area contributed by atoms with Crippen LogP contribution < -0.4 is 10.9 Å². The first-order chi connectivity index (χ1) is 16.4. The molecule has 7 heteroatoms. The number of nitrogens with zero attached hydrogens (tertiary/aromatic N) is 2. The van der Waals surface area contributed by atoms with E-state index in [4.69, 9.17) is 16.6 Å². The van der Waals surface area contributed by atoms with Crippen molar-refractivity contribution >= 4 is 40.2 Å². The highest BCUT2D eigenvalue weighted by molar-refractivity contribution is 7.98. The minimum Gasteiger partial charge on any atom is -0.352 e. The highest BCUT2D eigenvalue weighted by Crippen LogP contribution is 2.28. The Hall–Kier alpha value is -3.09. The SMILES string of the molecule is CCCNC(=O)c1ccc2c(=O)n(-c3cc(C)cc(C)c3)c(SCc3ccccc3Cl)nc2c1. The topological polar surface area (TPSA) is 64.0 Å². The predicted molar refractivity (Wildman–Crippen MR) is 140 cm³/mol. The molecular formula is C27H26ClN3O2S. The molecule has 0 aliphatic carbocycles. The van der Waals surface area contributed by atoms with Crippen molar-refractivity contribution in [2.45, 2.75) is 38.1 Å². The van der Waals surface area contributed by atoms with Gasteiger partial charge in [-0.1, -0.05) is 54.6 Å². The van der Waals surface area contributed by atoms with Gasteiger partial charge in [0.25, 0.3) is 11.5 Å². The van der Waals surface area contributed by atoms with E-state index in [0.29, 0.717) is 38.9 Å². The molecule has 174 valence electrons. The van der Waals surface area contributed by atoms with Crippen LogP contribution in [0.25, 0.3) is 16.6 Å². The average Bonchev–Trinajstić information content (AvgIpc) is 2.81. The van der Waals surface area contributed by atoms with Gasteiger partial charge in [-0.3, -0.25) is 14.2 Å². The van der Waals surface area contributed by atoms with Crippen LogP contribution in [0.4, 0.5) is 0 Å². The fourth-order valence-electron chi connectivity index (χ4n) is 3.81. The second-order valence-corrected chi connectivity index (χ2v) is 9.60. The summed E-state index contributed by atoms with van der Waals surface area (Å²) in [7, 11) is 0. The quantitative estimate of drug-likeness (QED) is 0.251. The van der Waals surface area contributed by atoms with Crippen LogP contribution in [0.1, 0.15) is 40.4 Å². The van der Waals surface area contributed by atoms with Crippen LogP contribution in [0.15, 0.2) is 70.6 Å². The van der Waals surface area contributed by atoms with Crippen molar-refractivity contribution in [3.8, 4) is 5.69 Å². The van der Waals surface area contributed by atoms with Gasteiger partial charge in [0.15, 0.2) is 5.16 Å². The molecule has 0 bridgehead atoms. The predicted octanol–water partition coefficient (Wildman–Crippen LogP) is 6.09. The second-order valence-electron chi connectivity index (χ2n) is 8.25. The molecular weight excluding hydrogens is 466 g/mol. The highest BCUT2D eigenvalue weighted by atomic mass is 35.5. The Morgan fingerprint density at radius 3 is 2.50 bits per heavy atom. The van der Waals surface area contributed by atoms with E-state index >= 15 is 0 Å². The number of hydrogen-bond acceptors (Lipinski definition) is 4. The van der Waals surface area contributed by atoms with Gasteiger partial charge in [0, 0.05) is 22.9 Å². The van der Waals surface area contributed by atoms with Crippen LogP contribution in [0, 0.1) is 13.8 Å². The van der Waals surface area contributed by atoms with Crippen LogP contribution in [0.5, 0.6) is 0 Å². The number of aryl methyl sites for hydroxylation is 2. The number of amides is 1.